The van der Waals surface area contributed by atoms with Crippen molar-refractivity contribution in [2.45, 2.75) is 71.1 Å². The lowest BCUT2D eigenvalue weighted by Crippen LogP contribution is -2.15. The lowest BCUT2D eigenvalue weighted by Gasteiger charge is -2.28. The first-order valence-electron chi connectivity index (χ1n) is 12.4. The van der Waals surface area contributed by atoms with E-state index in [0.717, 1.165) is 24.3 Å². The summed E-state index contributed by atoms with van der Waals surface area (Å²) in [4.78, 5) is 0. The van der Waals surface area contributed by atoms with Gasteiger partial charge in [-0.2, -0.15) is 0 Å². The number of aryl methyl sites for hydroxylation is 1. The molecule has 1 fully saturated rings. The van der Waals surface area contributed by atoms with Crippen LogP contribution in [0.4, 0.5) is 4.39 Å². The zero-order chi connectivity index (χ0) is 22.5. The number of benzene rings is 2. The first-order valence-corrected chi connectivity index (χ1v) is 10.8. The molecule has 0 aliphatic heterocycles. The maximum Gasteiger partial charge on any atom is 0.131 e. The van der Waals surface area contributed by atoms with E-state index in [1.807, 2.05) is 6.07 Å². The van der Waals surface area contributed by atoms with Crippen LogP contribution in [-0.2, 0) is 6.42 Å². The van der Waals surface area contributed by atoms with Crippen molar-refractivity contribution in [3.63, 3.8) is 0 Å². The molecule has 2 aromatic carbocycles. The normalized spacial score (nSPS) is 22.0. The molecule has 1 saturated carbocycles. The summed E-state index contributed by atoms with van der Waals surface area (Å²) in [6.07, 6.45) is 12.4. The molecule has 0 aromatic heterocycles. The summed E-state index contributed by atoms with van der Waals surface area (Å²) >= 11 is 5.86. The van der Waals surface area contributed by atoms with E-state index < -0.39 is 5.82 Å². The predicted octanol–water partition coefficient (Wildman–Crippen LogP) is 8.47. The first kappa shape index (κ1) is 15.6. The smallest absolute Gasteiger partial charge is 0.131 e. The van der Waals surface area contributed by atoms with Crippen LogP contribution in [0.15, 0.2) is 42.4 Å². The molecule has 0 spiro atoms. The monoisotopic (exact) mass is 390 g/mol. The Morgan fingerprint density at radius 2 is 1.67 bits per heavy atom. The van der Waals surface area contributed by atoms with E-state index in [1.54, 1.807) is 6.07 Å². The maximum atomic E-state index is 14.9. The molecule has 0 saturated heterocycles. The van der Waals surface area contributed by atoms with Gasteiger partial charge in [0.25, 0.3) is 0 Å². The predicted molar refractivity (Wildman–Crippen MR) is 115 cm³/mol. The summed E-state index contributed by atoms with van der Waals surface area (Å²) in [6.45, 7) is 2.25. The molecule has 0 heterocycles. The van der Waals surface area contributed by atoms with Crippen molar-refractivity contribution in [3.8, 4) is 11.1 Å². The van der Waals surface area contributed by atoms with E-state index >= 15 is 0 Å². The van der Waals surface area contributed by atoms with E-state index in [4.69, 9.17) is 17.1 Å². The van der Waals surface area contributed by atoms with Crippen molar-refractivity contribution in [1.29, 1.82) is 0 Å². The Morgan fingerprint density at radius 3 is 2.30 bits per heavy atom. The molecular formula is C25H32ClF. The molecule has 2 aromatic rings. The fourth-order valence-electron chi connectivity index (χ4n) is 4.21. The zero-order valence-corrected chi connectivity index (χ0v) is 17.0. The third-order valence-electron chi connectivity index (χ3n) is 5.92. The second kappa shape index (κ2) is 10.3. The average Bonchev–Trinajstić information content (AvgIpc) is 2.77. The summed E-state index contributed by atoms with van der Waals surface area (Å²) < 4.78 is 46.9. The van der Waals surface area contributed by atoms with Gasteiger partial charge in [-0.05, 0) is 54.0 Å². The van der Waals surface area contributed by atoms with Crippen LogP contribution in [0.25, 0.3) is 11.1 Å². The molecule has 2 heteroatoms. The van der Waals surface area contributed by atoms with Crippen molar-refractivity contribution in [1.82, 2.24) is 0 Å². The first-order chi connectivity index (χ1) is 14.8. The Bertz CT molecular complexity index is 878. The van der Waals surface area contributed by atoms with Crippen molar-refractivity contribution in [2.24, 2.45) is 11.8 Å². The Kier molecular flexibility index (Phi) is 5.92. The molecule has 0 bridgehead atoms. The largest absolute Gasteiger partial charge is 0.206 e. The van der Waals surface area contributed by atoms with Crippen LogP contribution < -0.4 is 0 Å². The van der Waals surface area contributed by atoms with Gasteiger partial charge in [0.15, 0.2) is 0 Å². The molecule has 146 valence electrons. The lowest BCUT2D eigenvalue weighted by molar-refractivity contribution is 0.249. The Morgan fingerprint density at radius 1 is 1.00 bits per heavy atom. The zero-order valence-electron chi connectivity index (χ0n) is 20.2. The van der Waals surface area contributed by atoms with Crippen molar-refractivity contribution >= 4 is 11.6 Å². The average molecular weight is 391 g/mol. The highest BCUT2D eigenvalue weighted by Crippen LogP contribution is 2.34. The Labute approximate surface area is 174 Å². The molecule has 0 radical (unpaired) electrons. The van der Waals surface area contributed by atoms with Crippen LogP contribution >= 0.6 is 11.6 Å². The van der Waals surface area contributed by atoms with E-state index in [-0.39, 0.29) is 40.3 Å². The van der Waals surface area contributed by atoms with E-state index in [0.29, 0.717) is 5.92 Å². The van der Waals surface area contributed by atoms with Crippen molar-refractivity contribution in [3.05, 3.63) is 58.8 Å². The second-order valence-electron chi connectivity index (χ2n) is 7.92. The van der Waals surface area contributed by atoms with Crippen LogP contribution in [0.2, 0.25) is 5.02 Å². The third kappa shape index (κ3) is 6.07. The van der Waals surface area contributed by atoms with Gasteiger partial charge in [0.05, 0.1) is 5.48 Å². The summed E-state index contributed by atoms with van der Waals surface area (Å²) in [5, 5.41) is -0.240. The number of hydrogen-bond donors (Lipinski definition) is 0. The van der Waals surface area contributed by atoms with Gasteiger partial charge in [-0.25, -0.2) is 4.39 Å². The number of rotatable bonds is 8. The molecule has 1 aliphatic rings. The molecular weight excluding hydrogens is 355 g/mol. The minimum Gasteiger partial charge on any atom is -0.206 e. The van der Waals surface area contributed by atoms with Crippen LogP contribution in [0.1, 0.15) is 75.8 Å². The highest BCUT2D eigenvalue weighted by Gasteiger charge is 2.20. The Balaban J connectivity index is 1.63. The highest BCUT2D eigenvalue weighted by atomic mass is 35.5. The number of unbranched alkanes of at least 4 members (excludes halogenated alkanes) is 2. The van der Waals surface area contributed by atoms with Gasteiger partial charge in [0.1, 0.15) is 5.82 Å². The van der Waals surface area contributed by atoms with E-state index in [1.165, 1.54) is 57.4 Å². The van der Waals surface area contributed by atoms with E-state index in [2.05, 4.69) is 6.92 Å². The van der Waals surface area contributed by atoms with Gasteiger partial charge in [0, 0.05) is 10.6 Å². The van der Waals surface area contributed by atoms with E-state index in [9.17, 15) is 4.39 Å². The SMILES string of the molecule is [2H]c1c([2H])c(-c2ccc(CCC3CCC(CCCCC)CC3)cc2F)c([2H])c([2H])c1Cl. The number of halogens is 2. The van der Waals surface area contributed by atoms with Gasteiger partial charge < -0.3 is 0 Å². The molecule has 0 atom stereocenters. The summed E-state index contributed by atoms with van der Waals surface area (Å²) in [7, 11) is 0. The van der Waals surface area contributed by atoms with Crippen LogP contribution in [-0.4, -0.2) is 0 Å². The minimum atomic E-state index is -0.514. The van der Waals surface area contributed by atoms with Crippen LogP contribution in [0, 0.1) is 17.7 Å². The second-order valence-corrected chi connectivity index (χ2v) is 8.30. The molecule has 0 amide bonds. The minimum absolute atomic E-state index is 0.0372. The maximum absolute atomic E-state index is 14.9. The molecule has 27 heavy (non-hydrogen) atoms. The lowest BCUT2D eigenvalue weighted by atomic mass is 9.78. The van der Waals surface area contributed by atoms with Gasteiger partial charge >= 0.3 is 0 Å². The van der Waals surface area contributed by atoms with Gasteiger partial charge in [-0.15, -0.1) is 0 Å². The fraction of sp³-hybridized carbons (Fsp3) is 0.520. The molecule has 0 unspecified atom stereocenters. The summed E-state index contributed by atoms with van der Waals surface area (Å²) in [6, 6.07) is 3.59. The van der Waals surface area contributed by atoms with Crippen molar-refractivity contribution < 1.29 is 9.87 Å². The molecule has 3 rings (SSSR count). The topological polar surface area (TPSA) is 0 Å². The third-order valence-corrected chi connectivity index (χ3v) is 6.11. The Hall–Kier alpha value is -1.34. The summed E-state index contributed by atoms with van der Waals surface area (Å²) in [5.41, 5.74) is 0.963. The molecule has 0 N–H and O–H groups in total. The quantitative estimate of drug-likeness (QED) is 0.396. The van der Waals surface area contributed by atoms with Gasteiger partial charge in [-0.3, -0.25) is 0 Å². The highest BCUT2D eigenvalue weighted by molar-refractivity contribution is 6.30. The van der Waals surface area contributed by atoms with Gasteiger partial charge in [0.2, 0.25) is 0 Å². The standard InChI is InChI=1S/C25H32ClF/c1-2-3-4-5-19-6-8-20(9-7-19)10-11-21-12-17-24(25(27)18-21)22-13-15-23(26)16-14-22/h12-20H,2-11H2,1H3/i13D,14D,15D,16D. The fourth-order valence-corrected chi connectivity index (χ4v) is 4.31. The summed E-state index contributed by atoms with van der Waals surface area (Å²) in [5.74, 6) is 1.08. The molecule has 0 nitrogen and oxygen atoms in total. The van der Waals surface area contributed by atoms with Crippen LogP contribution in [0.3, 0.4) is 0 Å². The van der Waals surface area contributed by atoms with Crippen LogP contribution in [0.5, 0.6) is 0 Å². The molecule has 1 aliphatic carbocycles. The number of hydrogen-bond acceptors (Lipinski definition) is 0. The van der Waals surface area contributed by atoms with Gasteiger partial charge in [-0.1, -0.05) is 94.1 Å². The van der Waals surface area contributed by atoms with Crippen molar-refractivity contribution in [2.75, 3.05) is 0 Å².